The van der Waals surface area contributed by atoms with Crippen LogP contribution in [-0.4, -0.2) is 17.4 Å². The van der Waals surface area contributed by atoms with Gasteiger partial charge >= 0.3 is 0 Å². The van der Waals surface area contributed by atoms with E-state index in [1.165, 1.54) is 0 Å². The number of aromatic nitrogens is 1. The van der Waals surface area contributed by atoms with E-state index in [0.29, 0.717) is 12.2 Å². The Morgan fingerprint density at radius 2 is 2.14 bits per heavy atom. The molecule has 0 radical (unpaired) electrons. The van der Waals surface area contributed by atoms with E-state index < -0.39 is 0 Å². The van der Waals surface area contributed by atoms with Crippen molar-refractivity contribution in [2.24, 2.45) is 0 Å². The summed E-state index contributed by atoms with van der Waals surface area (Å²) in [5.41, 5.74) is 1.53. The summed E-state index contributed by atoms with van der Waals surface area (Å²) in [7, 11) is 0. The number of pyridine rings is 1. The fourth-order valence-electron chi connectivity index (χ4n) is 0.911. The monoisotopic (exact) mass is 194 g/mol. The lowest BCUT2D eigenvalue weighted by atomic mass is 10.2. The molecule has 1 rings (SSSR count). The van der Waals surface area contributed by atoms with Gasteiger partial charge < -0.3 is 5.32 Å². The second kappa shape index (κ2) is 7.06. The standard InChI is InChI=1S/C9H12N2O.C2H6/c1-3-10-9(12)8-6-7(2)4-5-11-8;1-2/h4-6H,3H2,1-2H3,(H,10,12);1-2H3. The highest BCUT2D eigenvalue weighted by Gasteiger charge is 2.03. The molecule has 0 unspecified atom stereocenters. The number of rotatable bonds is 2. The van der Waals surface area contributed by atoms with Crippen molar-refractivity contribution >= 4 is 5.91 Å². The molecule has 78 valence electrons. The second-order valence-electron chi connectivity index (χ2n) is 2.58. The Balaban J connectivity index is 0.000000791. The Kier molecular flexibility index (Phi) is 6.37. The maximum Gasteiger partial charge on any atom is 0.269 e. The summed E-state index contributed by atoms with van der Waals surface area (Å²) in [4.78, 5) is 15.2. The van der Waals surface area contributed by atoms with Gasteiger partial charge in [-0.15, -0.1) is 0 Å². The summed E-state index contributed by atoms with van der Waals surface area (Å²) in [6.45, 7) is 8.45. The van der Waals surface area contributed by atoms with Gasteiger partial charge in [0, 0.05) is 12.7 Å². The van der Waals surface area contributed by atoms with Crippen LogP contribution in [0.1, 0.15) is 36.8 Å². The first-order valence-corrected chi connectivity index (χ1v) is 4.95. The van der Waals surface area contributed by atoms with Crippen LogP contribution in [0.15, 0.2) is 18.3 Å². The molecule has 0 spiro atoms. The van der Waals surface area contributed by atoms with Gasteiger partial charge in [0.25, 0.3) is 5.91 Å². The molecule has 3 nitrogen and oxygen atoms in total. The summed E-state index contributed by atoms with van der Waals surface area (Å²) in [5.74, 6) is -0.110. The van der Waals surface area contributed by atoms with E-state index in [0.717, 1.165) is 5.56 Å². The molecule has 14 heavy (non-hydrogen) atoms. The smallest absolute Gasteiger partial charge is 0.269 e. The maximum absolute atomic E-state index is 11.2. The zero-order valence-corrected chi connectivity index (χ0v) is 9.29. The number of hydrogen-bond donors (Lipinski definition) is 1. The number of carbonyl (C=O) groups excluding carboxylic acids is 1. The highest BCUT2D eigenvalue weighted by atomic mass is 16.1. The highest BCUT2D eigenvalue weighted by molar-refractivity contribution is 5.92. The Bertz CT molecular complexity index is 284. The van der Waals surface area contributed by atoms with Gasteiger partial charge in [-0.25, -0.2) is 0 Å². The summed E-state index contributed by atoms with van der Waals surface area (Å²) >= 11 is 0. The van der Waals surface area contributed by atoms with Crippen molar-refractivity contribution in [2.75, 3.05) is 6.54 Å². The van der Waals surface area contributed by atoms with Crippen LogP contribution in [0.4, 0.5) is 0 Å². The Morgan fingerprint density at radius 3 is 2.64 bits per heavy atom. The third kappa shape index (κ3) is 4.03. The summed E-state index contributed by atoms with van der Waals surface area (Å²) in [5, 5.41) is 2.69. The molecular formula is C11H18N2O. The Morgan fingerprint density at radius 1 is 1.50 bits per heavy atom. The number of nitrogens with zero attached hydrogens (tertiary/aromatic N) is 1. The van der Waals surface area contributed by atoms with E-state index in [4.69, 9.17) is 0 Å². The number of carbonyl (C=O) groups is 1. The van der Waals surface area contributed by atoms with E-state index in [9.17, 15) is 4.79 Å². The molecule has 1 aromatic rings. The molecule has 0 aliphatic heterocycles. The third-order valence-corrected chi connectivity index (χ3v) is 1.49. The van der Waals surface area contributed by atoms with Crippen molar-refractivity contribution in [2.45, 2.75) is 27.7 Å². The van der Waals surface area contributed by atoms with Crippen LogP contribution in [-0.2, 0) is 0 Å². The average Bonchev–Trinajstić information content (AvgIpc) is 2.21. The van der Waals surface area contributed by atoms with Gasteiger partial charge in [0.2, 0.25) is 0 Å². The van der Waals surface area contributed by atoms with Crippen LogP contribution in [0, 0.1) is 6.92 Å². The van der Waals surface area contributed by atoms with Gasteiger partial charge in [0.15, 0.2) is 0 Å². The summed E-state index contributed by atoms with van der Waals surface area (Å²) in [6.07, 6.45) is 1.64. The van der Waals surface area contributed by atoms with Crippen LogP contribution >= 0.6 is 0 Å². The molecule has 1 heterocycles. The highest BCUT2D eigenvalue weighted by Crippen LogP contribution is 1.98. The molecule has 3 heteroatoms. The maximum atomic E-state index is 11.2. The fourth-order valence-corrected chi connectivity index (χ4v) is 0.911. The molecule has 1 N–H and O–H groups in total. The molecule has 0 bridgehead atoms. The molecule has 0 atom stereocenters. The fraction of sp³-hybridized carbons (Fsp3) is 0.455. The van der Waals surface area contributed by atoms with Crippen LogP contribution in [0.25, 0.3) is 0 Å². The van der Waals surface area contributed by atoms with E-state index in [-0.39, 0.29) is 5.91 Å². The molecule has 0 fully saturated rings. The lowest BCUT2D eigenvalue weighted by molar-refractivity contribution is 0.0951. The predicted molar refractivity (Wildman–Crippen MR) is 58.3 cm³/mol. The molecule has 0 aliphatic rings. The molecular weight excluding hydrogens is 176 g/mol. The minimum atomic E-state index is -0.110. The number of hydrogen-bond acceptors (Lipinski definition) is 2. The van der Waals surface area contributed by atoms with E-state index in [2.05, 4.69) is 10.3 Å². The first-order chi connectivity index (χ1) is 6.74. The SMILES string of the molecule is CC.CCNC(=O)c1cc(C)ccn1. The van der Waals surface area contributed by atoms with Crippen molar-refractivity contribution in [3.05, 3.63) is 29.6 Å². The van der Waals surface area contributed by atoms with Gasteiger partial charge in [-0.05, 0) is 31.5 Å². The zero-order chi connectivity index (χ0) is 11.0. The quantitative estimate of drug-likeness (QED) is 0.784. The average molecular weight is 194 g/mol. The summed E-state index contributed by atoms with van der Waals surface area (Å²) in [6, 6.07) is 3.63. The molecule has 0 saturated heterocycles. The normalized spacial score (nSPS) is 8.57. The zero-order valence-electron chi connectivity index (χ0n) is 9.29. The minimum Gasteiger partial charge on any atom is -0.351 e. The largest absolute Gasteiger partial charge is 0.351 e. The van der Waals surface area contributed by atoms with Crippen LogP contribution in [0.3, 0.4) is 0 Å². The molecule has 1 aromatic heterocycles. The predicted octanol–water partition coefficient (Wildman–Crippen LogP) is 2.17. The Labute approximate surface area is 85.6 Å². The third-order valence-electron chi connectivity index (χ3n) is 1.49. The first kappa shape index (κ1) is 12.6. The Hall–Kier alpha value is -1.38. The van der Waals surface area contributed by atoms with Crippen molar-refractivity contribution in [1.29, 1.82) is 0 Å². The van der Waals surface area contributed by atoms with E-state index in [1.54, 1.807) is 12.3 Å². The number of aryl methyl sites for hydroxylation is 1. The molecule has 0 saturated carbocycles. The minimum absolute atomic E-state index is 0.110. The van der Waals surface area contributed by atoms with Crippen molar-refractivity contribution < 1.29 is 4.79 Å². The van der Waals surface area contributed by atoms with Crippen molar-refractivity contribution in [3.63, 3.8) is 0 Å². The second-order valence-corrected chi connectivity index (χ2v) is 2.58. The van der Waals surface area contributed by atoms with Gasteiger partial charge in [0.1, 0.15) is 5.69 Å². The van der Waals surface area contributed by atoms with E-state index in [1.807, 2.05) is 33.8 Å². The number of nitrogens with one attached hydrogen (secondary N) is 1. The number of amides is 1. The molecule has 0 aliphatic carbocycles. The lowest BCUT2D eigenvalue weighted by Crippen LogP contribution is -2.23. The van der Waals surface area contributed by atoms with Crippen LogP contribution in [0.5, 0.6) is 0 Å². The van der Waals surface area contributed by atoms with Gasteiger partial charge in [-0.1, -0.05) is 13.8 Å². The topological polar surface area (TPSA) is 42.0 Å². The lowest BCUT2D eigenvalue weighted by Gasteiger charge is -2.00. The first-order valence-electron chi connectivity index (χ1n) is 4.95. The van der Waals surface area contributed by atoms with Gasteiger partial charge in [0.05, 0.1) is 0 Å². The van der Waals surface area contributed by atoms with Gasteiger partial charge in [-0.2, -0.15) is 0 Å². The van der Waals surface area contributed by atoms with Gasteiger partial charge in [-0.3, -0.25) is 9.78 Å². The molecule has 0 aromatic carbocycles. The van der Waals surface area contributed by atoms with E-state index >= 15 is 0 Å². The van der Waals surface area contributed by atoms with Crippen LogP contribution in [0.2, 0.25) is 0 Å². The van der Waals surface area contributed by atoms with Crippen molar-refractivity contribution in [3.8, 4) is 0 Å². The van der Waals surface area contributed by atoms with Crippen LogP contribution < -0.4 is 5.32 Å². The molecule has 1 amide bonds. The summed E-state index contributed by atoms with van der Waals surface area (Å²) < 4.78 is 0. The van der Waals surface area contributed by atoms with Crippen molar-refractivity contribution in [1.82, 2.24) is 10.3 Å².